The number of hydrogen-bond donors (Lipinski definition) is 1. The van der Waals surface area contributed by atoms with E-state index in [9.17, 15) is 18.0 Å². The van der Waals surface area contributed by atoms with Crippen LogP contribution in [0.15, 0.2) is 30.6 Å². The van der Waals surface area contributed by atoms with Gasteiger partial charge >= 0.3 is 6.18 Å². The van der Waals surface area contributed by atoms with Crippen LogP contribution < -0.4 is 5.32 Å². The molecule has 3 rings (SSSR count). The average Bonchev–Trinajstić information content (AvgIpc) is 3.09. The van der Waals surface area contributed by atoms with Gasteiger partial charge in [0.2, 0.25) is 5.91 Å². The number of halogens is 3. The number of pyridine rings is 1. The SMILES string of the molecule is CCC(=O)N1CCC(Nc2cc(C(F)(F)F)nc(-c3cccnc3)n2)C1. The Morgan fingerprint density at radius 3 is 2.85 bits per heavy atom. The van der Waals surface area contributed by atoms with Crippen molar-refractivity contribution in [2.75, 3.05) is 18.4 Å². The third-order valence-corrected chi connectivity index (χ3v) is 4.13. The maximum absolute atomic E-state index is 13.2. The molecule has 0 saturated carbocycles. The standard InChI is InChI=1S/C17H18F3N5O/c1-2-15(26)25-7-5-12(10-25)22-14-8-13(17(18,19)20)23-16(24-14)11-4-3-6-21-9-11/h3-4,6,8-9,12H,2,5,7,10H2,1H3,(H,22,23,24). The number of alkyl halides is 3. The average molecular weight is 365 g/mol. The van der Waals surface area contributed by atoms with E-state index in [0.717, 1.165) is 6.07 Å². The highest BCUT2D eigenvalue weighted by Crippen LogP contribution is 2.31. The Morgan fingerprint density at radius 1 is 1.38 bits per heavy atom. The van der Waals surface area contributed by atoms with Gasteiger partial charge in [-0.1, -0.05) is 6.92 Å². The second-order valence-corrected chi connectivity index (χ2v) is 6.02. The van der Waals surface area contributed by atoms with E-state index in [2.05, 4.69) is 20.3 Å². The van der Waals surface area contributed by atoms with E-state index in [1.165, 1.54) is 12.4 Å². The topological polar surface area (TPSA) is 71.0 Å². The number of rotatable bonds is 4. The summed E-state index contributed by atoms with van der Waals surface area (Å²) in [5.74, 6) is 0.0703. The molecule has 0 bridgehead atoms. The van der Waals surface area contributed by atoms with E-state index in [0.29, 0.717) is 31.5 Å². The number of nitrogens with zero attached hydrogens (tertiary/aromatic N) is 4. The van der Waals surface area contributed by atoms with Crippen LogP contribution in [-0.4, -0.2) is 44.9 Å². The van der Waals surface area contributed by atoms with Crippen LogP contribution in [0, 0.1) is 0 Å². The van der Waals surface area contributed by atoms with Crippen molar-refractivity contribution >= 4 is 11.7 Å². The summed E-state index contributed by atoms with van der Waals surface area (Å²) in [4.78, 5) is 25.2. The van der Waals surface area contributed by atoms with E-state index in [-0.39, 0.29) is 23.6 Å². The predicted octanol–water partition coefficient (Wildman–Crippen LogP) is 2.98. The third-order valence-electron chi connectivity index (χ3n) is 4.13. The zero-order chi connectivity index (χ0) is 18.7. The highest BCUT2D eigenvalue weighted by molar-refractivity contribution is 5.76. The largest absolute Gasteiger partial charge is 0.433 e. The number of likely N-dealkylation sites (tertiary alicyclic amines) is 1. The second-order valence-electron chi connectivity index (χ2n) is 6.02. The Bertz CT molecular complexity index is 782. The quantitative estimate of drug-likeness (QED) is 0.902. The normalized spacial score (nSPS) is 17.4. The first kappa shape index (κ1) is 18.1. The first-order chi connectivity index (χ1) is 12.4. The number of carbonyl (C=O) groups excluding carboxylic acids is 1. The molecular formula is C17H18F3N5O. The van der Waals surface area contributed by atoms with Gasteiger partial charge in [-0.25, -0.2) is 9.97 Å². The second kappa shape index (κ2) is 7.27. The molecule has 0 aromatic carbocycles. The number of aromatic nitrogens is 3. The van der Waals surface area contributed by atoms with Crippen molar-refractivity contribution in [1.82, 2.24) is 19.9 Å². The minimum absolute atomic E-state index is 0.0315. The number of amides is 1. The maximum atomic E-state index is 13.2. The number of anilines is 1. The zero-order valence-corrected chi connectivity index (χ0v) is 14.1. The van der Waals surface area contributed by atoms with Crippen LogP contribution in [0.5, 0.6) is 0 Å². The van der Waals surface area contributed by atoms with Crippen LogP contribution in [0.2, 0.25) is 0 Å². The molecule has 1 unspecified atom stereocenters. The molecule has 3 heterocycles. The minimum Gasteiger partial charge on any atom is -0.365 e. The minimum atomic E-state index is -4.59. The molecule has 1 fully saturated rings. The van der Waals surface area contributed by atoms with Gasteiger partial charge in [0.1, 0.15) is 5.82 Å². The molecule has 1 saturated heterocycles. The summed E-state index contributed by atoms with van der Waals surface area (Å²) in [6, 6.07) is 3.95. The molecule has 2 aromatic rings. The summed E-state index contributed by atoms with van der Waals surface area (Å²) in [7, 11) is 0. The fourth-order valence-corrected chi connectivity index (χ4v) is 2.83. The molecule has 1 amide bonds. The van der Waals surface area contributed by atoms with Gasteiger partial charge in [0.05, 0.1) is 0 Å². The molecule has 138 valence electrons. The lowest BCUT2D eigenvalue weighted by atomic mass is 10.2. The van der Waals surface area contributed by atoms with Crippen LogP contribution in [-0.2, 0) is 11.0 Å². The van der Waals surface area contributed by atoms with Crippen molar-refractivity contribution in [3.05, 3.63) is 36.3 Å². The van der Waals surface area contributed by atoms with Crippen LogP contribution >= 0.6 is 0 Å². The zero-order valence-electron chi connectivity index (χ0n) is 14.1. The molecule has 1 atom stereocenters. The van der Waals surface area contributed by atoms with Gasteiger partial charge in [-0.3, -0.25) is 9.78 Å². The van der Waals surface area contributed by atoms with Crippen molar-refractivity contribution in [1.29, 1.82) is 0 Å². The summed E-state index contributed by atoms with van der Waals surface area (Å²) >= 11 is 0. The van der Waals surface area contributed by atoms with Crippen molar-refractivity contribution in [3.63, 3.8) is 0 Å². The lowest BCUT2D eigenvalue weighted by Crippen LogP contribution is -2.31. The lowest BCUT2D eigenvalue weighted by Gasteiger charge is -2.17. The number of hydrogen-bond acceptors (Lipinski definition) is 5. The predicted molar refractivity (Wildman–Crippen MR) is 89.2 cm³/mol. The highest BCUT2D eigenvalue weighted by atomic mass is 19.4. The Morgan fingerprint density at radius 2 is 2.19 bits per heavy atom. The number of nitrogens with one attached hydrogen (secondary N) is 1. The van der Waals surface area contributed by atoms with Gasteiger partial charge in [-0.15, -0.1) is 0 Å². The Kier molecular flexibility index (Phi) is 5.06. The smallest absolute Gasteiger partial charge is 0.365 e. The maximum Gasteiger partial charge on any atom is 0.433 e. The molecule has 2 aromatic heterocycles. The summed E-state index contributed by atoms with van der Waals surface area (Å²) < 4.78 is 39.6. The fraction of sp³-hybridized carbons (Fsp3) is 0.412. The van der Waals surface area contributed by atoms with Crippen LogP contribution in [0.4, 0.5) is 19.0 Å². The summed E-state index contributed by atoms with van der Waals surface area (Å²) in [5.41, 5.74) is -0.621. The summed E-state index contributed by atoms with van der Waals surface area (Å²) in [5, 5.41) is 3.01. The molecular weight excluding hydrogens is 347 g/mol. The van der Waals surface area contributed by atoms with Crippen LogP contribution in [0.25, 0.3) is 11.4 Å². The molecule has 1 aliphatic rings. The fourth-order valence-electron chi connectivity index (χ4n) is 2.83. The molecule has 0 radical (unpaired) electrons. The number of carbonyl (C=O) groups is 1. The highest BCUT2D eigenvalue weighted by Gasteiger charge is 2.34. The van der Waals surface area contributed by atoms with E-state index in [1.807, 2.05) is 0 Å². The molecule has 1 N–H and O–H groups in total. The third kappa shape index (κ3) is 4.09. The van der Waals surface area contributed by atoms with E-state index < -0.39 is 11.9 Å². The van der Waals surface area contributed by atoms with Gasteiger partial charge < -0.3 is 10.2 Å². The van der Waals surface area contributed by atoms with Crippen LogP contribution in [0.3, 0.4) is 0 Å². The Hall–Kier alpha value is -2.71. The van der Waals surface area contributed by atoms with E-state index in [1.54, 1.807) is 24.0 Å². The molecule has 1 aliphatic heterocycles. The lowest BCUT2D eigenvalue weighted by molar-refractivity contribution is -0.141. The van der Waals surface area contributed by atoms with Crippen LogP contribution in [0.1, 0.15) is 25.5 Å². The monoisotopic (exact) mass is 365 g/mol. The molecule has 0 spiro atoms. The van der Waals surface area contributed by atoms with E-state index >= 15 is 0 Å². The van der Waals surface area contributed by atoms with Gasteiger partial charge in [-0.05, 0) is 18.6 Å². The first-order valence-corrected chi connectivity index (χ1v) is 8.28. The van der Waals surface area contributed by atoms with Crippen molar-refractivity contribution in [2.24, 2.45) is 0 Å². The van der Waals surface area contributed by atoms with E-state index in [4.69, 9.17) is 0 Å². The molecule has 9 heteroatoms. The Labute approximate surface area is 148 Å². The van der Waals surface area contributed by atoms with Gasteiger partial charge in [0, 0.05) is 49.6 Å². The van der Waals surface area contributed by atoms with Gasteiger partial charge in [0.25, 0.3) is 0 Å². The molecule has 26 heavy (non-hydrogen) atoms. The molecule has 6 nitrogen and oxygen atoms in total. The summed E-state index contributed by atoms with van der Waals surface area (Å²) in [6.45, 7) is 2.81. The first-order valence-electron chi connectivity index (χ1n) is 8.28. The Balaban J connectivity index is 1.86. The van der Waals surface area contributed by atoms with Crippen molar-refractivity contribution in [2.45, 2.75) is 32.0 Å². The summed E-state index contributed by atoms with van der Waals surface area (Å²) in [6.07, 6.45) is -0.593. The van der Waals surface area contributed by atoms with Crippen molar-refractivity contribution in [3.8, 4) is 11.4 Å². The molecule has 0 aliphatic carbocycles. The van der Waals surface area contributed by atoms with Gasteiger partial charge in [-0.2, -0.15) is 13.2 Å². The van der Waals surface area contributed by atoms with Crippen molar-refractivity contribution < 1.29 is 18.0 Å². The van der Waals surface area contributed by atoms with Gasteiger partial charge in [0.15, 0.2) is 11.5 Å².